The van der Waals surface area contributed by atoms with E-state index >= 15 is 0 Å². The van der Waals surface area contributed by atoms with Crippen molar-refractivity contribution in [1.29, 1.82) is 0 Å². The lowest BCUT2D eigenvalue weighted by atomic mass is 9.91. The molecule has 2 rings (SSSR count). The molecule has 1 aliphatic carbocycles. The van der Waals surface area contributed by atoms with Crippen molar-refractivity contribution >= 4 is 17.1 Å². The molecule has 1 heterocycles. The van der Waals surface area contributed by atoms with Crippen LogP contribution in [0.3, 0.4) is 0 Å². The summed E-state index contributed by atoms with van der Waals surface area (Å²) in [5, 5.41) is 3.06. The Bertz CT molecular complexity index is 358. The van der Waals surface area contributed by atoms with E-state index in [1.54, 1.807) is 11.3 Å². The first-order chi connectivity index (χ1) is 7.16. The average Bonchev–Trinajstić information content (AvgIpc) is 2.75. The van der Waals surface area contributed by atoms with E-state index < -0.39 is 0 Å². The highest BCUT2D eigenvalue weighted by atomic mass is 32.1. The van der Waals surface area contributed by atoms with Gasteiger partial charge in [0.1, 0.15) is 5.78 Å². The molecule has 15 heavy (non-hydrogen) atoms. The van der Waals surface area contributed by atoms with E-state index in [2.05, 4.69) is 11.9 Å². The molecule has 0 bridgehead atoms. The van der Waals surface area contributed by atoms with Gasteiger partial charge in [-0.05, 0) is 25.7 Å². The number of aryl methyl sites for hydroxylation is 1. The molecular formula is C12H17NOS. The SMILES string of the molecule is Cc1nc(CC(=O)C2CCCC2C)cs1. The van der Waals surface area contributed by atoms with Gasteiger partial charge in [0.15, 0.2) is 0 Å². The maximum absolute atomic E-state index is 12.0. The second-order valence-corrected chi connectivity index (χ2v) is 5.58. The Morgan fingerprint density at radius 1 is 1.60 bits per heavy atom. The van der Waals surface area contributed by atoms with Crippen LogP contribution >= 0.6 is 11.3 Å². The highest BCUT2D eigenvalue weighted by Gasteiger charge is 2.29. The zero-order chi connectivity index (χ0) is 10.8. The third-order valence-corrected chi connectivity index (χ3v) is 4.12. The normalized spacial score (nSPS) is 25.7. The van der Waals surface area contributed by atoms with E-state index in [-0.39, 0.29) is 0 Å². The molecule has 0 radical (unpaired) electrons. The fourth-order valence-corrected chi connectivity index (χ4v) is 3.04. The van der Waals surface area contributed by atoms with Gasteiger partial charge < -0.3 is 0 Å². The lowest BCUT2D eigenvalue weighted by Gasteiger charge is -2.12. The van der Waals surface area contributed by atoms with Gasteiger partial charge in [-0.1, -0.05) is 13.3 Å². The number of rotatable bonds is 3. The van der Waals surface area contributed by atoms with Gasteiger partial charge in [0, 0.05) is 17.7 Å². The van der Waals surface area contributed by atoms with Crippen molar-refractivity contribution in [3.63, 3.8) is 0 Å². The van der Waals surface area contributed by atoms with Crippen LogP contribution in [-0.4, -0.2) is 10.8 Å². The number of thiazole rings is 1. The topological polar surface area (TPSA) is 30.0 Å². The van der Waals surface area contributed by atoms with Gasteiger partial charge in [0.05, 0.1) is 10.7 Å². The van der Waals surface area contributed by atoms with Gasteiger partial charge in [-0.25, -0.2) is 4.98 Å². The Morgan fingerprint density at radius 3 is 2.93 bits per heavy atom. The van der Waals surface area contributed by atoms with Crippen LogP contribution in [0, 0.1) is 18.8 Å². The van der Waals surface area contributed by atoms with Gasteiger partial charge in [-0.3, -0.25) is 4.79 Å². The zero-order valence-corrected chi connectivity index (χ0v) is 10.1. The van der Waals surface area contributed by atoms with Crippen LogP contribution in [0.1, 0.15) is 36.9 Å². The molecule has 1 aliphatic rings. The summed E-state index contributed by atoms with van der Waals surface area (Å²) < 4.78 is 0. The molecular weight excluding hydrogens is 206 g/mol. The van der Waals surface area contributed by atoms with Crippen LogP contribution < -0.4 is 0 Å². The van der Waals surface area contributed by atoms with Crippen molar-refractivity contribution in [3.05, 3.63) is 16.1 Å². The highest BCUT2D eigenvalue weighted by molar-refractivity contribution is 7.09. The van der Waals surface area contributed by atoms with Crippen molar-refractivity contribution in [2.45, 2.75) is 39.5 Å². The van der Waals surface area contributed by atoms with E-state index in [0.717, 1.165) is 17.1 Å². The summed E-state index contributed by atoms with van der Waals surface area (Å²) in [6.45, 7) is 4.18. The Balaban J connectivity index is 1.97. The Hall–Kier alpha value is -0.700. The van der Waals surface area contributed by atoms with Crippen LogP contribution in [0.5, 0.6) is 0 Å². The second kappa shape index (κ2) is 4.44. The van der Waals surface area contributed by atoms with E-state index in [9.17, 15) is 4.79 Å². The lowest BCUT2D eigenvalue weighted by Crippen LogP contribution is -2.19. The highest BCUT2D eigenvalue weighted by Crippen LogP contribution is 2.32. The number of aromatic nitrogens is 1. The van der Waals surface area contributed by atoms with Crippen molar-refractivity contribution in [1.82, 2.24) is 4.98 Å². The fraction of sp³-hybridized carbons (Fsp3) is 0.667. The minimum atomic E-state index is 0.298. The number of hydrogen-bond acceptors (Lipinski definition) is 3. The van der Waals surface area contributed by atoms with Crippen molar-refractivity contribution in [2.24, 2.45) is 11.8 Å². The number of carbonyl (C=O) groups excluding carboxylic acids is 1. The van der Waals surface area contributed by atoms with Crippen LogP contribution in [0.4, 0.5) is 0 Å². The molecule has 0 amide bonds. The standard InChI is InChI=1S/C12H17NOS/c1-8-4-3-5-11(8)12(14)6-10-7-15-9(2)13-10/h7-8,11H,3-6H2,1-2H3. The Labute approximate surface area is 94.7 Å². The first kappa shape index (κ1) is 10.8. The summed E-state index contributed by atoms with van der Waals surface area (Å²) in [4.78, 5) is 16.3. The van der Waals surface area contributed by atoms with Crippen LogP contribution in [0.25, 0.3) is 0 Å². The number of ketones is 1. The molecule has 0 aliphatic heterocycles. The predicted molar refractivity (Wildman–Crippen MR) is 62.1 cm³/mol. The molecule has 82 valence electrons. The number of nitrogens with zero attached hydrogens (tertiary/aromatic N) is 1. The second-order valence-electron chi connectivity index (χ2n) is 4.52. The Kier molecular flexibility index (Phi) is 3.19. The summed E-state index contributed by atoms with van der Waals surface area (Å²) in [6, 6.07) is 0. The number of carbonyl (C=O) groups is 1. The van der Waals surface area contributed by atoms with Crippen molar-refractivity contribution in [3.8, 4) is 0 Å². The summed E-state index contributed by atoms with van der Waals surface area (Å²) in [6.07, 6.45) is 4.06. The quantitative estimate of drug-likeness (QED) is 0.788. The summed E-state index contributed by atoms with van der Waals surface area (Å²) in [5.41, 5.74) is 0.960. The van der Waals surface area contributed by atoms with E-state index in [1.165, 1.54) is 12.8 Å². The van der Waals surface area contributed by atoms with E-state index in [4.69, 9.17) is 0 Å². The van der Waals surface area contributed by atoms with Gasteiger partial charge >= 0.3 is 0 Å². The monoisotopic (exact) mass is 223 g/mol. The molecule has 0 spiro atoms. The fourth-order valence-electron chi connectivity index (χ4n) is 2.42. The van der Waals surface area contributed by atoms with Gasteiger partial charge in [-0.2, -0.15) is 0 Å². The van der Waals surface area contributed by atoms with Crippen molar-refractivity contribution < 1.29 is 4.79 Å². The molecule has 1 saturated carbocycles. The number of hydrogen-bond donors (Lipinski definition) is 0. The van der Waals surface area contributed by atoms with Gasteiger partial charge in [0.25, 0.3) is 0 Å². The summed E-state index contributed by atoms with van der Waals surface area (Å²) >= 11 is 1.63. The smallest absolute Gasteiger partial charge is 0.142 e. The molecule has 0 N–H and O–H groups in total. The van der Waals surface area contributed by atoms with E-state index in [0.29, 0.717) is 24.0 Å². The molecule has 2 nitrogen and oxygen atoms in total. The summed E-state index contributed by atoms with van der Waals surface area (Å²) in [7, 11) is 0. The maximum Gasteiger partial charge on any atom is 0.142 e. The van der Waals surface area contributed by atoms with Gasteiger partial charge in [-0.15, -0.1) is 11.3 Å². The minimum Gasteiger partial charge on any atom is -0.299 e. The minimum absolute atomic E-state index is 0.298. The third kappa shape index (κ3) is 2.46. The van der Waals surface area contributed by atoms with E-state index in [1.807, 2.05) is 12.3 Å². The van der Waals surface area contributed by atoms with Crippen LogP contribution in [-0.2, 0) is 11.2 Å². The molecule has 3 heteroatoms. The summed E-state index contributed by atoms with van der Waals surface area (Å²) in [5.74, 6) is 1.27. The van der Waals surface area contributed by atoms with Crippen LogP contribution in [0.2, 0.25) is 0 Å². The average molecular weight is 223 g/mol. The number of Topliss-reactive ketones (excluding diaryl/α,β-unsaturated/α-hetero) is 1. The Morgan fingerprint density at radius 2 is 2.40 bits per heavy atom. The molecule has 1 aromatic heterocycles. The van der Waals surface area contributed by atoms with Crippen molar-refractivity contribution in [2.75, 3.05) is 0 Å². The molecule has 0 saturated heterocycles. The third-order valence-electron chi connectivity index (χ3n) is 3.30. The largest absolute Gasteiger partial charge is 0.299 e. The first-order valence-electron chi connectivity index (χ1n) is 5.60. The van der Waals surface area contributed by atoms with Crippen LogP contribution in [0.15, 0.2) is 5.38 Å². The molecule has 2 atom stereocenters. The molecule has 0 aromatic carbocycles. The zero-order valence-electron chi connectivity index (χ0n) is 9.32. The maximum atomic E-state index is 12.0. The first-order valence-corrected chi connectivity index (χ1v) is 6.48. The lowest BCUT2D eigenvalue weighted by molar-refractivity contribution is -0.123. The predicted octanol–water partition coefficient (Wildman–Crippen LogP) is 3.00. The molecule has 1 aromatic rings. The molecule has 1 fully saturated rings. The molecule has 2 unspecified atom stereocenters. The van der Waals surface area contributed by atoms with Gasteiger partial charge in [0.2, 0.25) is 0 Å².